The number of anilines is 1. The van der Waals surface area contributed by atoms with Crippen LogP contribution in [-0.4, -0.2) is 80.6 Å². The second kappa shape index (κ2) is 10.0. The molecule has 0 aromatic heterocycles. The molecule has 1 aromatic carbocycles. The molecule has 0 unspecified atom stereocenters. The standard InChI is InChI=1S/C21H32Cl2N4O/c1-24(2)21(28)27-11-8-17(9-12-27)5-4-10-25-13-15-26(16-14-25)19-7-3-6-18(22)20(19)23/h3,6-7,17H,4-5,8-16H2,1-2H3. The number of hydrogen-bond donors (Lipinski definition) is 0. The zero-order chi connectivity index (χ0) is 20.1. The molecule has 3 rings (SSSR count). The van der Waals surface area contributed by atoms with Crippen LogP contribution >= 0.6 is 23.2 Å². The van der Waals surface area contributed by atoms with Crippen molar-refractivity contribution in [3.8, 4) is 0 Å². The van der Waals surface area contributed by atoms with Gasteiger partial charge in [0.05, 0.1) is 15.7 Å². The van der Waals surface area contributed by atoms with Crippen LogP contribution in [0.2, 0.25) is 10.0 Å². The normalized spacial score (nSPS) is 19.1. The third-order valence-corrected chi connectivity index (χ3v) is 6.81. The van der Waals surface area contributed by atoms with Crippen molar-refractivity contribution in [2.24, 2.45) is 5.92 Å². The first-order chi connectivity index (χ1) is 13.5. The summed E-state index contributed by atoms with van der Waals surface area (Å²) in [5.74, 6) is 0.762. The highest BCUT2D eigenvalue weighted by Gasteiger charge is 2.24. The lowest BCUT2D eigenvalue weighted by Crippen LogP contribution is -2.47. The van der Waals surface area contributed by atoms with E-state index in [9.17, 15) is 4.79 Å². The van der Waals surface area contributed by atoms with Crippen molar-refractivity contribution in [2.45, 2.75) is 25.7 Å². The van der Waals surface area contributed by atoms with E-state index in [2.05, 4.69) is 15.9 Å². The average Bonchev–Trinajstić information content (AvgIpc) is 2.70. The number of amides is 2. The SMILES string of the molecule is CN(C)C(=O)N1CCC(CCCN2CCN(c3cccc(Cl)c3Cl)CC2)CC1. The molecule has 2 amide bonds. The van der Waals surface area contributed by atoms with Gasteiger partial charge >= 0.3 is 6.03 Å². The van der Waals surface area contributed by atoms with E-state index in [1.807, 2.05) is 31.1 Å². The van der Waals surface area contributed by atoms with Gasteiger partial charge in [0.15, 0.2) is 0 Å². The van der Waals surface area contributed by atoms with E-state index in [-0.39, 0.29) is 6.03 Å². The topological polar surface area (TPSA) is 30.0 Å². The van der Waals surface area contributed by atoms with Gasteiger partial charge in [-0.2, -0.15) is 0 Å². The molecule has 1 aromatic rings. The van der Waals surface area contributed by atoms with E-state index in [0.717, 1.165) is 70.3 Å². The van der Waals surface area contributed by atoms with Crippen molar-refractivity contribution in [1.29, 1.82) is 0 Å². The Morgan fingerprint density at radius 3 is 2.39 bits per heavy atom. The zero-order valence-electron chi connectivity index (χ0n) is 17.0. The van der Waals surface area contributed by atoms with Gasteiger partial charge in [-0.25, -0.2) is 4.79 Å². The minimum absolute atomic E-state index is 0.149. The molecule has 0 N–H and O–H groups in total. The van der Waals surface area contributed by atoms with Crippen molar-refractivity contribution >= 4 is 34.9 Å². The zero-order valence-corrected chi connectivity index (χ0v) is 18.6. The Morgan fingerprint density at radius 1 is 1.07 bits per heavy atom. The van der Waals surface area contributed by atoms with Crippen LogP contribution in [0.15, 0.2) is 18.2 Å². The van der Waals surface area contributed by atoms with Crippen LogP contribution in [0.5, 0.6) is 0 Å². The Kier molecular flexibility index (Phi) is 7.72. The molecule has 2 aliphatic heterocycles. The Labute approximate surface area is 179 Å². The minimum atomic E-state index is 0.149. The van der Waals surface area contributed by atoms with Gasteiger partial charge in [0.1, 0.15) is 0 Å². The van der Waals surface area contributed by atoms with Gasteiger partial charge in [0.25, 0.3) is 0 Å². The molecule has 0 radical (unpaired) electrons. The highest BCUT2D eigenvalue weighted by molar-refractivity contribution is 6.43. The van der Waals surface area contributed by atoms with Gasteiger partial charge < -0.3 is 14.7 Å². The summed E-state index contributed by atoms with van der Waals surface area (Å²) in [6, 6.07) is 6.01. The Bertz CT molecular complexity index is 654. The van der Waals surface area contributed by atoms with Crippen LogP contribution in [0.4, 0.5) is 10.5 Å². The highest BCUT2D eigenvalue weighted by Crippen LogP contribution is 2.33. The van der Waals surface area contributed by atoms with E-state index in [1.54, 1.807) is 4.90 Å². The maximum absolute atomic E-state index is 12.0. The molecule has 0 atom stereocenters. The van der Waals surface area contributed by atoms with E-state index in [4.69, 9.17) is 23.2 Å². The van der Waals surface area contributed by atoms with Gasteiger partial charge in [-0.3, -0.25) is 4.90 Å². The number of piperazine rings is 1. The molecule has 28 heavy (non-hydrogen) atoms. The fourth-order valence-corrected chi connectivity index (χ4v) is 4.66. The molecule has 2 heterocycles. The summed E-state index contributed by atoms with van der Waals surface area (Å²) in [6.07, 6.45) is 4.79. The summed E-state index contributed by atoms with van der Waals surface area (Å²) in [7, 11) is 3.66. The lowest BCUT2D eigenvalue weighted by atomic mass is 9.92. The van der Waals surface area contributed by atoms with Crippen LogP contribution in [0.1, 0.15) is 25.7 Å². The van der Waals surface area contributed by atoms with E-state index in [1.165, 1.54) is 12.8 Å². The second-order valence-corrected chi connectivity index (χ2v) is 8.94. The number of benzene rings is 1. The van der Waals surface area contributed by atoms with E-state index >= 15 is 0 Å². The molecular formula is C21H32Cl2N4O. The molecule has 2 saturated heterocycles. The lowest BCUT2D eigenvalue weighted by Gasteiger charge is -2.37. The van der Waals surface area contributed by atoms with Crippen molar-refractivity contribution < 1.29 is 4.79 Å². The number of likely N-dealkylation sites (tertiary alicyclic amines) is 1. The summed E-state index contributed by atoms with van der Waals surface area (Å²) in [6.45, 7) is 7.09. The smallest absolute Gasteiger partial charge is 0.319 e. The largest absolute Gasteiger partial charge is 0.368 e. The van der Waals surface area contributed by atoms with Crippen molar-refractivity contribution in [1.82, 2.24) is 14.7 Å². The van der Waals surface area contributed by atoms with E-state index in [0.29, 0.717) is 10.0 Å². The number of hydrogen-bond acceptors (Lipinski definition) is 3. The van der Waals surface area contributed by atoms with Gasteiger partial charge in [0.2, 0.25) is 0 Å². The second-order valence-electron chi connectivity index (χ2n) is 8.15. The van der Waals surface area contributed by atoms with Crippen molar-refractivity contribution in [2.75, 3.05) is 64.8 Å². The number of halogens is 2. The van der Waals surface area contributed by atoms with Crippen molar-refractivity contribution in [3.05, 3.63) is 28.2 Å². The Morgan fingerprint density at radius 2 is 1.75 bits per heavy atom. The molecular weight excluding hydrogens is 395 g/mol. The number of urea groups is 1. The molecule has 5 nitrogen and oxygen atoms in total. The highest BCUT2D eigenvalue weighted by atomic mass is 35.5. The number of carbonyl (C=O) groups excluding carboxylic acids is 1. The lowest BCUT2D eigenvalue weighted by molar-refractivity contribution is 0.143. The molecule has 7 heteroatoms. The maximum Gasteiger partial charge on any atom is 0.319 e. The van der Waals surface area contributed by atoms with Gasteiger partial charge in [-0.05, 0) is 50.3 Å². The van der Waals surface area contributed by atoms with Gasteiger partial charge in [-0.1, -0.05) is 29.3 Å². The predicted octanol–water partition coefficient (Wildman–Crippen LogP) is 4.29. The number of nitrogens with zero attached hydrogens (tertiary/aromatic N) is 4. The average molecular weight is 427 g/mol. The Balaban J connectivity index is 1.34. The fourth-order valence-electron chi connectivity index (χ4n) is 4.25. The van der Waals surface area contributed by atoms with E-state index < -0.39 is 0 Å². The Hall–Kier alpha value is -1.17. The number of rotatable bonds is 5. The molecule has 156 valence electrons. The molecule has 0 bridgehead atoms. The quantitative estimate of drug-likeness (QED) is 0.703. The van der Waals surface area contributed by atoms with Crippen LogP contribution in [0.3, 0.4) is 0 Å². The molecule has 0 saturated carbocycles. The predicted molar refractivity (Wildman–Crippen MR) is 118 cm³/mol. The molecule has 0 spiro atoms. The first-order valence-electron chi connectivity index (χ1n) is 10.3. The minimum Gasteiger partial charge on any atom is -0.368 e. The monoisotopic (exact) mass is 426 g/mol. The van der Waals surface area contributed by atoms with Crippen LogP contribution < -0.4 is 4.90 Å². The molecule has 0 aliphatic carbocycles. The van der Waals surface area contributed by atoms with Crippen LogP contribution in [0.25, 0.3) is 0 Å². The summed E-state index contributed by atoms with van der Waals surface area (Å²) in [5.41, 5.74) is 1.05. The third-order valence-electron chi connectivity index (χ3n) is 6.00. The number of carbonyl (C=O) groups is 1. The fraction of sp³-hybridized carbons (Fsp3) is 0.667. The third kappa shape index (κ3) is 5.46. The summed E-state index contributed by atoms with van der Waals surface area (Å²) in [4.78, 5) is 20.6. The first-order valence-corrected chi connectivity index (χ1v) is 11.1. The summed E-state index contributed by atoms with van der Waals surface area (Å²) in [5, 5.41) is 1.29. The summed E-state index contributed by atoms with van der Waals surface area (Å²) < 4.78 is 0. The maximum atomic E-state index is 12.0. The molecule has 2 fully saturated rings. The van der Waals surface area contributed by atoms with Gasteiger partial charge in [-0.15, -0.1) is 0 Å². The van der Waals surface area contributed by atoms with Crippen LogP contribution in [-0.2, 0) is 0 Å². The summed E-state index contributed by atoms with van der Waals surface area (Å²) >= 11 is 12.5. The molecule has 2 aliphatic rings. The number of piperidine rings is 1. The van der Waals surface area contributed by atoms with Crippen LogP contribution in [0, 0.1) is 5.92 Å². The first kappa shape index (κ1) is 21.5. The van der Waals surface area contributed by atoms with Crippen molar-refractivity contribution in [3.63, 3.8) is 0 Å². The van der Waals surface area contributed by atoms with Gasteiger partial charge in [0, 0.05) is 53.4 Å².